The van der Waals surface area contributed by atoms with E-state index in [4.69, 9.17) is 4.74 Å². The number of nitrogens with zero attached hydrogens (tertiary/aromatic N) is 1. The molecule has 8 nitrogen and oxygen atoms in total. The summed E-state index contributed by atoms with van der Waals surface area (Å²) in [5.41, 5.74) is 2.73. The highest BCUT2D eigenvalue weighted by Gasteiger charge is 2.30. The van der Waals surface area contributed by atoms with Crippen molar-refractivity contribution in [3.05, 3.63) is 102 Å². The molecule has 0 aliphatic rings. The van der Waals surface area contributed by atoms with Crippen LogP contribution in [0.25, 0.3) is 0 Å². The molecule has 0 saturated carbocycles. The summed E-state index contributed by atoms with van der Waals surface area (Å²) in [4.78, 5) is 29.3. The predicted octanol–water partition coefficient (Wildman–Crippen LogP) is 4.49. The molecule has 2 N–H and O–H groups in total. The van der Waals surface area contributed by atoms with Crippen molar-refractivity contribution in [2.75, 3.05) is 19.7 Å². The summed E-state index contributed by atoms with van der Waals surface area (Å²) in [6.07, 6.45) is 1.77. The first-order valence-corrected chi connectivity index (χ1v) is 16.0. The maximum absolute atomic E-state index is 13.8. The molecule has 9 heteroatoms. The Labute approximate surface area is 250 Å². The molecule has 0 radical (unpaired) electrons. The SMILES string of the molecule is CCNS(=O)(=O)c1ccc(CCC(=O)N(Cc2ccccc2)[C@@H](Cc2ccccc2)C(=O)NCCCOC(C)C)cc1. The van der Waals surface area contributed by atoms with Gasteiger partial charge in [-0.05, 0) is 55.5 Å². The van der Waals surface area contributed by atoms with Gasteiger partial charge in [0.15, 0.2) is 0 Å². The van der Waals surface area contributed by atoms with Crippen molar-refractivity contribution in [3.8, 4) is 0 Å². The van der Waals surface area contributed by atoms with Gasteiger partial charge in [0.2, 0.25) is 21.8 Å². The standard InChI is InChI=1S/C33H43N3O5S/c1-4-35-42(39,40)30-19-16-27(17-20-30)18-21-32(37)36(25-29-14-9-6-10-15-29)31(24-28-12-7-5-8-13-28)33(38)34-22-11-23-41-26(2)3/h5-10,12-17,19-20,26,31,35H,4,11,18,21-25H2,1-3H3,(H,34,38)/t31-/m0/s1. The molecular weight excluding hydrogens is 550 g/mol. The smallest absolute Gasteiger partial charge is 0.243 e. The van der Waals surface area contributed by atoms with Gasteiger partial charge in [-0.15, -0.1) is 0 Å². The van der Waals surface area contributed by atoms with Crippen LogP contribution in [0, 0.1) is 0 Å². The van der Waals surface area contributed by atoms with E-state index in [1.54, 1.807) is 36.1 Å². The lowest BCUT2D eigenvalue weighted by molar-refractivity contribution is -0.141. The lowest BCUT2D eigenvalue weighted by atomic mass is 10.0. The zero-order valence-electron chi connectivity index (χ0n) is 24.8. The number of benzene rings is 3. The van der Waals surface area contributed by atoms with Gasteiger partial charge in [-0.25, -0.2) is 13.1 Å². The molecule has 0 aliphatic heterocycles. The van der Waals surface area contributed by atoms with Crippen LogP contribution in [-0.2, 0) is 43.7 Å². The Bertz CT molecular complexity index is 1350. The van der Waals surface area contributed by atoms with Crippen molar-refractivity contribution in [2.45, 2.75) is 70.0 Å². The normalized spacial score (nSPS) is 12.2. The number of carbonyl (C=O) groups is 2. The average Bonchev–Trinajstić information content (AvgIpc) is 2.98. The first-order chi connectivity index (χ1) is 20.2. The summed E-state index contributed by atoms with van der Waals surface area (Å²) in [7, 11) is -3.55. The molecule has 226 valence electrons. The lowest BCUT2D eigenvalue weighted by Crippen LogP contribution is -2.50. The zero-order valence-corrected chi connectivity index (χ0v) is 25.6. The molecule has 0 heterocycles. The first kappa shape index (κ1) is 33.0. The Kier molecular flexibility index (Phi) is 13.2. The molecule has 0 aliphatic carbocycles. The second-order valence-corrected chi connectivity index (χ2v) is 12.2. The number of amides is 2. The fourth-order valence-corrected chi connectivity index (χ4v) is 5.60. The molecule has 0 spiro atoms. The Morgan fingerprint density at radius 3 is 2.07 bits per heavy atom. The predicted molar refractivity (Wildman–Crippen MR) is 165 cm³/mol. The number of carbonyl (C=O) groups excluding carboxylic acids is 2. The van der Waals surface area contributed by atoms with Crippen LogP contribution < -0.4 is 10.0 Å². The number of nitrogens with one attached hydrogen (secondary N) is 2. The van der Waals surface area contributed by atoms with E-state index in [1.807, 2.05) is 74.5 Å². The Morgan fingerprint density at radius 2 is 1.48 bits per heavy atom. The van der Waals surface area contributed by atoms with E-state index in [0.717, 1.165) is 16.7 Å². The van der Waals surface area contributed by atoms with E-state index in [-0.39, 0.29) is 29.2 Å². The molecule has 0 aromatic heterocycles. The van der Waals surface area contributed by atoms with Gasteiger partial charge in [-0.3, -0.25) is 9.59 Å². The van der Waals surface area contributed by atoms with Crippen LogP contribution in [0.4, 0.5) is 0 Å². The third-order valence-electron chi connectivity index (χ3n) is 6.73. The largest absolute Gasteiger partial charge is 0.379 e. The van der Waals surface area contributed by atoms with Crippen LogP contribution in [0.2, 0.25) is 0 Å². The number of aryl methyl sites for hydroxylation is 1. The second kappa shape index (κ2) is 16.8. The molecule has 3 aromatic rings. The minimum absolute atomic E-state index is 0.124. The summed E-state index contributed by atoms with van der Waals surface area (Å²) in [5, 5.41) is 3.03. The van der Waals surface area contributed by atoms with Gasteiger partial charge in [0.1, 0.15) is 6.04 Å². The Morgan fingerprint density at radius 1 is 0.857 bits per heavy atom. The first-order valence-electron chi connectivity index (χ1n) is 14.5. The molecule has 3 rings (SSSR count). The van der Waals surface area contributed by atoms with Crippen LogP contribution in [-0.4, -0.2) is 57.0 Å². The highest BCUT2D eigenvalue weighted by molar-refractivity contribution is 7.89. The summed E-state index contributed by atoms with van der Waals surface area (Å²) >= 11 is 0. The van der Waals surface area contributed by atoms with Gasteiger partial charge < -0.3 is 15.0 Å². The highest BCUT2D eigenvalue weighted by Crippen LogP contribution is 2.18. The molecule has 0 saturated heterocycles. The number of rotatable bonds is 17. The topological polar surface area (TPSA) is 105 Å². The van der Waals surface area contributed by atoms with E-state index in [0.29, 0.717) is 45.5 Å². The van der Waals surface area contributed by atoms with Gasteiger partial charge in [0.05, 0.1) is 11.0 Å². The maximum Gasteiger partial charge on any atom is 0.243 e. The number of ether oxygens (including phenoxy) is 1. The van der Waals surface area contributed by atoms with E-state index in [2.05, 4.69) is 10.0 Å². The molecule has 2 amide bonds. The van der Waals surface area contributed by atoms with Crippen LogP contribution in [0.15, 0.2) is 89.8 Å². The van der Waals surface area contributed by atoms with Gasteiger partial charge in [-0.2, -0.15) is 0 Å². The van der Waals surface area contributed by atoms with E-state index in [9.17, 15) is 18.0 Å². The van der Waals surface area contributed by atoms with Crippen LogP contribution in [0.1, 0.15) is 50.3 Å². The third kappa shape index (κ3) is 10.7. The van der Waals surface area contributed by atoms with Crippen molar-refractivity contribution in [3.63, 3.8) is 0 Å². The van der Waals surface area contributed by atoms with Gasteiger partial charge >= 0.3 is 0 Å². The molecule has 0 bridgehead atoms. The van der Waals surface area contributed by atoms with E-state index in [1.165, 1.54) is 0 Å². The highest BCUT2D eigenvalue weighted by atomic mass is 32.2. The third-order valence-corrected chi connectivity index (χ3v) is 8.30. The van der Waals surface area contributed by atoms with Gasteiger partial charge in [0.25, 0.3) is 0 Å². The average molecular weight is 594 g/mol. The monoisotopic (exact) mass is 593 g/mol. The summed E-state index contributed by atoms with van der Waals surface area (Å²) < 4.78 is 32.7. The molecular formula is C33H43N3O5S. The zero-order chi connectivity index (χ0) is 30.4. The Hall–Kier alpha value is -3.53. The molecule has 1 atom stereocenters. The molecule has 42 heavy (non-hydrogen) atoms. The van der Waals surface area contributed by atoms with Crippen LogP contribution >= 0.6 is 0 Å². The minimum Gasteiger partial charge on any atom is -0.379 e. The molecule has 0 fully saturated rings. The number of hydrogen-bond donors (Lipinski definition) is 2. The van der Waals surface area contributed by atoms with Crippen molar-refractivity contribution < 1.29 is 22.7 Å². The van der Waals surface area contributed by atoms with Crippen molar-refractivity contribution >= 4 is 21.8 Å². The van der Waals surface area contributed by atoms with Gasteiger partial charge in [-0.1, -0.05) is 79.7 Å². The van der Waals surface area contributed by atoms with Crippen LogP contribution in [0.5, 0.6) is 0 Å². The fraction of sp³-hybridized carbons (Fsp3) is 0.394. The van der Waals surface area contributed by atoms with Crippen molar-refractivity contribution in [1.29, 1.82) is 0 Å². The van der Waals surface area contributed by atoms with Gasteiger partial charge in [0, 0.05) is 39.1 Å². The lowest BCUT2D eigenvalue weighted by Gasteiger charge is -2.31. The van der Waals surface area contributed by atoms with E-state index < -0.39 is 16.1 Å². The van der Waals surface area contributed by atoms with Crippen molar-refractivity contribution in [1.82, 2.24) is 14.9 Å². The maximum atomic E-state index is 13.8. The molecule has 3 aromatic carbocycles. The molecule has 0 unspecified atom stereocenters. The Balaban J connectivity index is 1.80. The summed E-state index contributed by atoms with van der Waals surface area (Å²) in [6, 6.07) is 25.2. The second-order valence-electron chi connectivity index (χ2n) is 10.4. The van der Waals surface area contributed by atoms with Crippen molar-refractivity contribution in [2.24, 2.45) is 0 Å². The number of sulfonamides is 1. The summed E-state index contributed by atoms with van der Waals surface area (Å²) in [6.45, 7) is 7.27. The minimum atomic E-state index is -3.55. The van der Waals surface area contributed by atoms with E-state index >= 15 is 0 Å². The summed E-state index contributed by atoms with van der Waals surface area (Å²) in [5.74, 6) is -0.354. The van der Waals surface area contributed by atoms with Crippen LogP contribution in [0.3, 0.4) is 0 Å². The number of hydrogen-bond acceptors (Lipinski definition) is 5. The quantitative estimate of drug-likeness (QED) is 0.225. The fourth-order valence-electron chi connectivity index (χ4n) is 4.56.